The van der Waals surface area contributed by atoms with Crippen LogP contribution in [0.25, 0.3) is 0 Å². The second-order valence-corrected chi connectivity index (χ2v) is 7.34. The highest BCUT2D eigenvalue weighted by molar-refractivity contribution is 5.89. The van der Waals surface area contributed by atoms with E-state index in [0.717, 1.165) is 32.7 Å². The number of amides is 2. The van der Waals surface area contributed by atoms with Crippen LogP contribution in [0.1, 0.15) is 18.9 Å². The van der Waals surface area contributed by atoms with Crippen LogP contribution in [0.2, 0.25) is 0 Å². The Labute approximate surface area is 155 Å². The molecule has 2 saturated heterocycles. The lowest BCUT2D eigenvalue weighted by molar-refractivity contribution is -0.137. The van der Waals surface area contributed by atoms with E-state index >= 15 is 0 Å². The van der Waals surface area contributed by atoms with Crippen LogP contribution in [0, 0.1) is 5.92 Å². The van der Waals surface area contributed by atoms with Gasteiger partial charge in [-0.3, -0.25) is 14.5 Å². The molecule has 0 N–H and O–H groups in total. The monoisotopic (exact) mass is 359 g/mol. The van der Waals surface area contributed by atoms with E-state index in [1.54, 1.807) is 12.0 Å². The summed E-state index contributed by atoms with van der Waals surface area (Å²) in [7, 11) is 1.63. The maximum atomic E-state index is 12.8. The predicted molar refractivity (Wildman–Crippen MR) is 99.5 cm³/mol. The summed E-state index contributed by atoms with van der Waals surface area (Å²) in [6.45, 7) is 7.16. The summed E-state index contributed by atoms with van der Waals surface area (Å²) in [5.74, 6) is -0.0112. The van der Waals surface area contributed by atoms with Crippen molar-refractivity contribution in [2.24, 2.45) is 5.92 Å². The zero-order chi connectivity index (χ0) is 18.5. The van der Waals surface area contributed by atoms with Crippen molar-refractivity contribution in [3.05, 3.63) is 35.9 Å². The van der Waals surface area contributed by atoms with Gasteiger partial charge in [-0.15, -0.1) is 0 Å². The highest BCUT2D eigenvalue weighted by Crippen LogP contribution is 2.23. The fourth-order valence-corrected chi connectivity index (χ4v) is 3.88. The molecule has 2 atom stereocenters. The molecule has 0 aliphatic carbocycles. The normalized spacial score (nSPS) is 22.7. The van der Waals surface area contributed by atoms with Crippen LogP contribution in [0.4, 0.5) is 0 Å². The van der Waals surface area contributed by atoms with Gasteiger partial charge in [0.15, 0.2) is 0 Å². The maximum Gasteiger partial charge on any atom is 0.228 e. The molecule has 3 rings (SSSR count). The highest BCUT2D eigenvalue weighted by Gasteiger charge is 2.38. The molecular formula is C20H29N3O3. The molecule has 0 saturated carbocycles. The molecule has 2 fully saturated rings. The van der Waals surface area contributed by atoms with E-state index in [9.17, 15) is 9.59 Å². The van der Waals surface area contributed by atoms with Crippen LogP contribution in [0.3, 0.4) is 0 Å². The van der Waals surface area contributed by atoms with Gasteiger partial charge in [0, 0.05) is 52.8 Å². The van der Waals surface area contributed by atoms with E-state index in [0.29, 0.717) is 19.6 Å². The van der Waals surface area contributed by atoms with Crippen LogP contribution >= 0.6 is 0 Å². The molecule has 0 spiro atoms. The molecule has 0 aromatic heterocycles. The topological polar surface area (TPSA) is 53.1 Å². The van der Waals surface area contributed by atoms with Gasteiger partial charge in [-0.25, -0.2) is 0 Å². The molecule has 2 amide bonds. The molecule has 142 valence electrons. The van der Waals surface area contributed by atoms with Gasteiger partial charge in [-0.2, -0.15) is 0 Å². The van der Waals surface area contributed by atoms with Gasteiger partial charge in [0.05, 0.1) is 18.6 Å². The number of methoxy groups -OCH3 is 1. The number of carbonyl (C=O) groups excluding carboxylic acids is 2. The summed E-state index contributed by atoms with van der Waals surface area (Å²) in [4.78, 5) is 31.2. The van der Waals surface area contributed by atoms with E-state index in [-0.39, 0.29) is 23.8 Å². The minimum absolute atomic E-state index is 0.0213. The van der Waals surface area contributed by atoms with E-state index in [4.69, 9.17) is 4.74 Å². The summed E-state index contributed by atoms with van der Waals surface area (Å²) in [6.07, 6.45) is 0.330. The van der Waals surface area contributed by atoms with Crippen LogP contribution < -0.4 is 0 Å². The van der Waals surface area contributed by atoms with Crippen molar-refractivity contribution in [2.45, 2.75) is 25.9 Å². The number of hydrogen-bond acceptors (Lipinski definition) is 4. The molecule has 2 aliphatic rings. The number of benzene rings is 1. The molecule has 0 unspecified atom stereocenters. The lowest BCUT2D eigenvalue weighted by atomic mass is 10.1. The predicted octanol–water partition coefficient (Wildman–Crippen LogP) is 1.21. The lowest BCUT2D eigenvalue weighted by Gasteiger charge is -2.36. The Balaban J connectivity index is 1.49. The zero-order valence-corrected chi connectivity index (χ0v) is 15.8. The summed E-state index contributed by atoms with van der Waals surface area (Å²) in [5.41, 5.74) is 1.30. The minimum Gasteiger partial charge on any atom is -0.383 e. The second-order valence-electron chi connectivity index (χ2n) is 7.34. The number of rotatable bonds is 6. The van der Waals surface area contributed by atoms with E-state index in [2.05, 4.69) is 29.2 Å². The minimum atomic E-state index is -0.206. The van der Waals surface area contributed by atoms with Crippen LogP contribution in [-0.4, -0.2) is 79.0 Å². The van der Waals surface area contributed by atoms with E-state index in [1.165, 1.54) is 5.56 Å². The van der Waals surface area contributed by atoms with Gasteiger partial charge in [0.25, 0.3) is 0 Å². The first-order valence-corrected chi connectivity index (χ1v) is 9.42. The summed E-state index contributed by atoms with van der Waals surface area (Å²) >= 11 is 0. The molecule has 2 heterocycles. The molecule has 0 bridgehead atoms. The Morgan fingerprint density at radius 1 is 1.19 bits per heavy atom. The van der Waals surface area contributed by atoms with Crippen molar-refractivity contribution >= 4 is 11.8 Å². The van der Waals surface area contributed by atoms with E-state index < -0.39 is 0 Å². The van der Waals surface area contributed by atoms with Crippen LogP contribution in [0.5, 0.6) is 0 Å². The van der Waals surface area contributed by atoms with Crippen molar-refractivity contribution in [1.29, 1.82) is 0 Å². The molecule has 6 heteroatoms. The lowest BCUT2D eigenvalue weighted by Crippen LogP contribution is -2.50. The summed E-state index contributed by atoms with van der Waals surface area (Å²) < 4.78 is 5.14. The van der Waals surface area contributed by atoms with Crippen molar-refractivity contribution < 1.29 is 14.3 Å². The fraction of sp³-hybridized carbons (Fsp3) is 0.600. The van der Waals surface area contributed by atoms with Crippen molar-refractivity contribution in [1.82, 2.24) is 14.7 Å². The smallest absolute Gasteiger partial charge is 0.228 e. The SMILES string of the molecule is COC[C@H](C)N1C[C@H](C(=O)N2CCN(Cc3ccccc3)CC2)CC1=O. The molecule has 2 aliphatic heterocycles. The molecular weight excluding hydrogens is 330 g/mol. The summed E-state index contributed by atoms with van der Waals surface area (Å²) in [5, 5.41) is 0. The van der Waals surface area contributed by atoms with Gasteiger partial charge >= 0.3 is 0 Å². The standard InChI is InChI=1S/C20H29N3O3/c1-16(15-26-2)23-14-18(12-19(23)24)20(25)22-10-8-21(9-11-22)13-17-6-4-3-5-7-17/h3-7,16,18H,8-15H2,1-2H3/t16-,18+/m0/s1. The van der Waals surface area contributed by atoms with Crippen LogP contribution in [-0.2, 0) is 20.9 Å². The largest absolute Gasteiger partial charge is 0.383 e. The second kappa shape index (κ2) is 8.64. The number of carbonyl (C=O) groups is 2. The molecule has 1 aromatic rings. The van der Waals surface area contributed by atoms with Crippen LogP contribution in [0.15, 0.2) is 30.3 Å². The first kappa shape index (κ1) is 18.9. The number of hydrogen-bond donors (Lipinski definition) is 0. The Morgan fingerprint density at radius 2 is 1.88 bits per heavy atom. The third-order valence-electron chi connectivity index (χ3n) is 5.38. The molecule has 6 nitrogen and oxygen atoms in total. The maximum absolute atomic E-state index is 12.8. The number of piperazine rings is 1. The number of ether oxygens (including phenoxy) is 1. The van der Waals surface area contributed by atoms with Gasteiger partial charge in [-0.05, 0) is 12.5 Å². The Morgan fingerprint density at radius 3 is 2.54 bits per heavy atom. The first-order valence-electron chi connectivity index (χ1n) is 9.42. The Hall–Kier alpha value is -1.92. The zero-order valence-electron chi connectivity index (χ0n) is 15.8. The van der Waals surface area contributed by atoms with E-state index in [1.807, 2.05) is 17.9 Å². The van der Waals surface area contributed by atoms with Gasteiger partial charge in [-0.1, -0.05) is 30.3 Å². The number of nitrogens with zero attached hydrogens (tertiary/aromatic N) is 3. The average Bonchev–Trinajstić information content (AvgIpc) is 3.05. The Kier molecular flexibility index (Phi) is 6.27. The average molecular weight is 359 g/mol. The third kappa shape index (κ3) is 4.43. The Bertz CT molecular complexity index is 614. The molecule has 1 aromatic carbocycles. The van der Waals surface area contributed by atoms with Gasteiger partial charge in [0.2, 0.25) is 11.8 Å². The first-order chi connectivity index (χ1) is 12.6. The fourth-order valence-electron chi connectivity index (χ4n) is 3.88. The molecule has 26 heavy (non-hydrogen) atoms. The van der Waals surface area contributed by atoms with Crippen molar-refractivity contribution in [2.75, 3.05) is 46.4 Å². The number of likely N-dealkylation sites (tertiary alicyclic amines) is 1. The quantitative estimate of drug-likeness (QED) is 0.766. The third-order valence-corrected chi connectivity index (χ3v) is 5.38. The molecule has 0 radical (unpaired) electrons. The highest BCUT2D eigenvalue weighted by atomic mass is 16.5. The van der Waals surface area contributed by atoms with Crippen molar-refractivity contribution in [3.63, 3.8) is 0 Å². The van der Waals surface area contributed by atoms with Gasteiger partial charge in [0.1, 0.15) is 0 Å². The van der Waals surface area contributed by atoms with Crippen molar-refractivity contribution in [3.8, 4) is 0 Å². The summed E-state index contributed by atoms with van der Waals surface area (Å²) in [6, 6.07) is 10.4. The van der Waals surface area contributed by atoms with Gasteiger partial charge < -0.3 is 14.5 Å².